The van der Waals surface area contributed by atoms with Gasteiger partial charge >= 0.3 is 0 Å². The lowest BCUT2D eigenvalue weighted by Crippen LogP contribution is -2.18. The maximum absolute atomic E-state index is 11.2. The van der Waals surface area contributed by atoms with Crippen LogP contribution in [0.15, 0.2) is 23.1 Å². The predicted octanol–water partition coefficient (Wildman–Crippen LogP) is 0.0703. The van der Waals surface area contributed by atoms with Crippen molar-refractivity contribution in [3.63, 3.8) is 0 Å². The summed E-state index contributed by atoms with van der Waals surface area (Å²) in [5.41, 5.74) is 0.637. The molecule has 0 saturated carbocycles. The Bertz CT molecular complexity index is 488. The number of amides is 1. The lowest BCUT2D eigenvalue weighted by molar-refractivity contribution is -0.117. The SMILES string of the molecule is N#CC1CN(C=O)CC1c1cc[nH]c(=O)c1. The first-order valence-corrected chi connectivity index (χ1v) is 5.02. The maximum Gasteiger partial charge on any atom is 0.248 e. The molecule has 1 fully saturated rings. The minimum absolute atomic E-state index is 0.0579. The minimum Gasteiger partial charge on any atom is -0.343 e. The van der Waals surface area contributed by atoms with Crippen LogP contribution < -0.4 is 5.56 Å². The first kappa shape index (κ1) is 10.4. The zero-order valence-corrected chi connectivity index (χ0v) is 8.59. The number of aromatic amines is 1. The number of nitriles is 1. The van der Waals surface area contributed by atoms with Gasteiger partial charge in [0.15, 0.2) is 0 Å². The molecule has 16 heavy (non-hydrogen) atoms. The van der Waals surface area contributed by atoms with Gasteiger partial charge in [0.1, 0.15) is 0 Å². The molecule has 2 atom stereocenters. The van der Waals surface area contributed by atoms with Crippen molar-refractivity contribution in [2.45, 2.75) is 5.92 Å². The molecule has 1 aliphatic heterocycles. The molecule has 1 aromatic rings. The van der Waals surface area contributed by atoms with Gasteiger partial charge in [0.25, 0.3) is 0 Å². The van der Waals surface area contributed by atoms with E-state index in [1.165, 1.54) is 6.07 Å². The van der Waals surface area contributed by atoms with Crippen LogP contribution in [0, 0.1) is 17.2 Å². The molecule has 1 aromatic heterocycles. The number of hydrogen-bond donors (Lipinski definition) is 1. The van der Waals surface area contributed by atoms with Crippen molar-refractivity contribution in [3.8, 4) is 6.07 Å². The van der Waals surface area contributed by atoms with E-state index < -0.39 is 0 Å². The second kappa shape index (κ2) is 4.19. The zero-order valence-electron chi connectivity index (χ0n) is 8.59. The van der Waals surface area contributed by atoms with E-state index in [9.17, 15) is 9.59 Å². The van der Waals surface area contributed by atoms with Crippen molar-refractivity contribution in [2.24, 2.45) is 5.92 Å². The fourth-order valence-corrected chi connectivity index (χ4v) is 2.08. The van der Waals surface area contributed by atoms with Crippen molar-refractivity contribution in [1.29, 1.82) is 5.26 Å². The maximum atomic E-state index is 11.2. The molecule has 1 N–H and O–H groups in total. The zero-order chi connectivity index (χ0) is 11.5. The predicted molar refractivity (Wildman–Crippen MR) is 56.5 cm³/mol. The largest absolute Gasteiger partial charge is 0.343 e. The lowest BCUT2D eigenvalue weighted by atomic mass is 9.91. The normalized spacial score (nSPS) is 24.1. The molecule has 0 spiro atoms. The first-order chi connectivity index (χ1) is 7.74. The molecular weight excluding hydrogens is 206 g/mol. The second-order valence-electron chi connectivity index (χ2n) is 3.89. The molecule has 2 rings (SSSR count). The number of hydrogen-bond acceptors (Lipinski definition) is 3. The Morgan fingerprint density at radius 3 is 3.00 bits per heavy atom. The average Bonchev–Trinajstić information content (AvgIpc) is 2.72. The van der Waals surface area contributed by atoms with Gasteiger partial charge in [-0.25, -0.2) is 0 Å². The average molecular weight is 217 g/mol. The molecule has 2 heterocycles. The molecule has 1 saturated heterocycles. The number of likely N-dealkylation sites (tertiary alicyclic amines) is 1. The minimum atomic E-state index is -0.230. The van der Waals surface area contributed by atoms with Crippen LogP contribution >= 0.6 is 0 Å². The molecule has 5 heteroatoms. The number of carbonyl (C=O) groups excluding carboxylic acids is 1. The summed E-state index contributed by atoms with van der Waals surface area (Å²) in [6.45, 7) is 0.947. The Morgan fingerprint density at radius 2 is 2.38 bits per heavy atom. The van der Waals surface area contributed by atoms with Crippen molar-refractivity contribution >= 4 is 6.41 Å². The van der Waals surface area contributed by atoms with E-state index in [0.29, 0.717) is 13.1 Å². The molecule has 0 aliphatic carbocycles. The van der Waals surface area contributed by atoms with Crippen LogP contribution in [0.5, 0.6) is 0 Å². The van der Waals surface area contributed by atoms with E-state index in [0.717, 1.165) is 12.0 Å². The molecule has 1 aliphatic rings. The van der Waals surface area contributed by atoms with Gasteiger partial charge in [0.2, 0.25) is 12.0 Å². The quantitative estimate of drug-likeness (QED) is 0.712. The summed E-state index contributed by atoms with van der Waals surface area (Å²) >= 11 is 0. The summed E-state index contributed by atoms with van der Waals surface area (Å²) in [5, 5.41) is 9.00. The van der Waals surface area contributed by atoms with E-state index in [-0.39, 0.29) is 17.4 Å². The van der Waals surface area contributed by atoms with Gasteiger partial charge in [-0.05, 0) is 11.6 Å². The van der Waals surface area contributed by atoms with Crippen molar-refractivity contribution in [3.05, 3.63) is 34.2 Å². The van der Waals surface area contributed by atoms with Gasteiger partial charge in [-0.2, -0.15) is 5.26 Å². The van der Waals surface area contributed by atoms with Crippen LogP contribution in [0.25, 0.3) is 0 Å². The Hall–Kier alpha value is -2.09. The fraction of sp³-hybridized carbons (Fsp3) is 0.364. The summed E-state index contributed by atoms with van der Waals surface area (Å²) in [4.78, 5) is 25.9. The monoisotopic (exact) mass is 217 g/mol. The van der Waals surface area contributed by atoms with Crippen molar-refractivity contribution in [2.75, 3.05) is 13.1 Å². The van der Waals surface area contributed by atoms with Gasteiger partial charge in [-0.15, -0.1) is 0 Å². The van der Waals surface area contributed by atoms with Crippen LogP contribution in [0.2, 0.25) is 0 Å². The van der Waals surface area contributed by atoms with Crippen LogP contribution in [0.1, 0.15) is 11.5 Å². The third-order valence-electron chi connectivity index (χ3n) is 2.89. The number of nitrogens with one attached hydrogen (secondary N) is 1. The highest BCUT2D eigenvalue weighted by Crippen LogP contribution is 2.30. The van der Waals surface area contributed by atoms with Gasteiger partial charge < -0.3 is 9.88 Å². The van der Waals surface area contributed by atoms with Crippen LogP contribution in [-0.2, 0) is 4.79 Å². The van der Waals surface area contributed by atoms with Gasteiger partial charge in [-0.1, -0.05) is 0 Å². The van der Waals surface area contributed by atoms with Gasteiger partial charge in [0.05, 0.1) is 12.0 Å². The van der Waals surface area contributed by atoms with E-state index in [4.69, 9.17) is 5.26 Å². The number of carbonyl (C=O) groups is 1. The summed E-state index contributed by atoms with van der Waals surface area (Å²) in [7, 11) is 0. The number of H-pyrrole nitrogens is 1. The first-order valence-electron chi connectivity index (χ1n) is 5.02. The van der Waals surface area contributed by atoms with Crippen molar-refractivity contribution in [1.82, 2.24) is 9.88 Å². The molecule has 2 unspecified atom stereocenters. The highest BCUT2D eigenvalue weighted by Gasteiger charge is 2.33. The van der Waals surface area contributed by atoms with E-state index in [1.54, 1.807) is 17.2 Å². The highest BCUT2D eigenvalue weighted by atomic mass is 16.1. The summed E-state index contributed by atoms with van der Waals surface area (Å²) in [6, 6.07) is 5.46. The highest BCUT2D eigenvalue weighted by molar-refractivity contribution is 5.49. The van der Waals surface area contributed by atoms with Crippen LogP contribution in [0.3, 0.4) is 0 Å². The summed E-state index contributed by atoms with van der Waals surface area (Å²) in [6.07, 6.45) is 2.31. The molecule has 82 valence electrons. The standard InChI is InChI=1S/C11H11N3O2/c12-4-9-5-14(7-15)6-10(9)8-1-2-13-11(16)3-8/h1-3,7,9-10H,5-6H2,(H,13,16). The van der Waals surface area contributed by atoms with E-state index in [2.05, 4.69) is 11.1 Å². The third-order valence-corrected chi connectivity index (χ3v) is 2.89. The lowest BCUT2D eigenvalue weighted by Gasteiger charge is -2.11. The molecular formula is C11H11N3O2. The number of aromatic nitrogens is 1. The van der Waals surface area contributed by atoms with Crippen LogP contribution in [0.4, 0.5) is 0 Å². The Balaban J connectivity index is 2.30. The second-order valence-corrected chi connectivity index (χ2v) is 3.89. The van der Waals surface area contributed by atoms with Gasteiger partial charge in [0, 0.05) is 31.3 Å². The van der Waals surface area contributed by atoms with Crippen molar-refractivity contribution < 1.29 is 4.79 Å². The molecule has 5 nitrogen and oxygen atoms in total. The third kappa shape index (κ3) is 1.82. The summed E-state index contributed by atoms with van der Waals surface area (Å²) in [5.74, 6) is -0.288. The Labute approximate surface area is 92.3 Å². The van der Waals surface area contributed by atoms with E-state index >= 15 is 0 Å². The van der Waals surface area contributed by atoms with Crippen LogP contribution in [-0.4, -0.2) is 29.4 Å². The van der Waals surface area contributed by atoms with E-state index in [1.807, 2.05) is 0 Å². The number of nitrogens with zero attached hydrogens (tertiary/aromatic N) is 2. The fourth-order valence-electron chi connectivity index (χ4n) is 2.08. The Morgan fingerprint density at radius 1 is 1.56 bits per heavy atom. The van der Waals surface area contributed by atoms with Gasteiger partial charge in [-0.3, -0.25) is 9.59 Å². The molecule has 1 amide bonds. The smallest absolute Gasteiger partial charge is 0.248 e. The Kier molecular flexibility index (Phi) is 2.73. The summed E-state index contributed by atoms with van der Waals surface area (Å²) < 4.78 is 0. The molecule has 0 aromatic carbocycles. The number of pyridine rings is 1. The molecule has 0 radical (unpaired) electrons. The molecule has 0 bridgehead atoms. The number of rotatable bonds is 2. The topological polar surface area (TPSA) is 77.0 Å².